The number of hydrogen-bond donors (Lipinski definition) is 1. The van der Waals surface area contributed by atoms with Crippen molar-refractivity contribution < 1.29 is 5.11 Å². The number of benzene rings is 2. The molecule has 3 aromatic rings. The largest absolute Gasteiger partial charge is 0.513 e. The number of aromatic nitrogens is 1. The van der Waals surface area contributed by atoms with E-state index in [9.17, 15) is 5.11 Å². The lowest BCUT2D eigenvalue weighted by Crippen LogP contribution is -2.06. The van der Waals surface area contributed by atoms with Crippen LogP contribution in [0.4, 0.5) is 0 Å². The van der Waals surface area contributed by atoms with Crippen LogP contribution < -0.4 is 0 Å². The first-order valence-electron chi connectivity index (χ1n) is 9.37. The summed E-state index contributed by atoms with van der Waals surface area (Å²) in [4.78, 5) is 0. The van der Waals surface area contributed by atoms with Gasteiger partial charge in [0.15, 0.2) is 0 Å². The van der Waals surface area contributed by atoms with Gasteiger partial charge >= 0.3 is 0 Å². The Labute approximate surface area is 155 Å². The Morgan fingerprint density at radius 2 is 1.92 bits per heavy atom. The van der Waals surface area contributed by atoms with Crippen LogP contribution in [0.15, 0.2) is 67.4 Å². The van der Waals surface area contributed by atoms with Gasteiger partial charge in [-0.25, -0.2) is 0 Å². The van der Waals surface area contributed by atoms with Crippen LogP contribution >= 0.6 is 0 Å². The summed E-state index contributed by atoms with van der Waals surface area (Å²) < 4.78 is 2.32. The molecule has 0 aliphatic heterocycles. The normalized spacial score (nSPS) is 16.0. The van der Waals surface area contributed by atoms with Crippen LogP contribution in [0, 0.1) is 0 Å². The molecule has 1 heterocycles. The second-order valence-corrected chi connectivity index (χ2v) is 7.22. The molecule has 2 nitrogen and oxygen atoms in total. The average molecular weight is 343 g/mol. The van der Waals surface area contributed by atoms with Crippen molar-refractivity contribution in [3.05, 3.63) is 89.8 Å². The maximum Gasteiger partial charge on any atom is 0.0857 e. The molecular weight excluding hydrogens is 318 g/mol. The molecule has 132 valence electrons. The first-order chi connectivity index (χ1) is 12.6. The molecule has 0 saturated heterocycles. The summed E-state index contributed by atoms with van der Waals surface area (Å²) in [5.74, 6) is 0.555. The Morgan fingerprint density at radius 3 is 2.62 bits per heavy atom. The number of aliphatic hydroxyl groups is 1. The second kappa shape index (κ2) is 6.53. The molecule has 1 atom stereocenters. The summed E-state index contributed by atoms with van der Waals surface area (Å²) in [6.07, 6.45) is 3.75. The van der Waals surface area contributed by atoms with Crippen LogP contribution in [0.5, 0.6) is 0 Å². The minimum absolute atomic E-state index is 0.263. The molecule has 26 heavy (non-hydrogen) atoms. The number of aryl methyl sites for hydroxylation is 2. The highest BCUT2D eigenvalue weighted by atomic mass is 16.3. The SMILES string of the molecule is C=C(O)CC1CCc2c1n(C(=C)c1ccccc1)c1ccc(CC)cc21. The van der Waals surface area contributed by atoms with Crippen molar-refractivity contribution in [2.75, 3.05) is 0 Å². The minimum Gasteiger partial charge on any atom is -0.513 e. The molecule has 0 fully saturated rings. The van der Waals surface area contributed by atoms with Crippen molar-refractivity contribution in [1.82, 2.24) is 4.57 Å². The predicted octanol–water partition coefficient (Wildman–Crippen LogP) is 6.21. The summed E-state index contributed by atoms with van der Waals surface area (Å²) in [5, 5.41) is 11.2. The highest BCUT2D eigenvalue weighted by Gasteiger charge is 2.31. The van der Waals surface area contributed by atoms with Crippen LogP contribution in [0.25, 0.3) is 16.6 Å². The van der Waals surface area contributed by atoms with E-state index < -0.39 is 0 Å². The van der Waals surface area contributed by atoms with Gasteiger partial charge in [0.25, 0.3) is 0 Å². The van der Waals surface area contributed by atoms with Crippen molar-refractivity contribution in [3.63, 3.8) is 0 Å². The van der Waals surface area contributed by atoms with Crippen molar-refractivity contribution in [2.45, 2.75) is 38.5 Å². The van der Waals surface area contributed by atoms with Crippen LogP contribution in [0.1, 0.15) is 48.1 Å². The average Bonchev–Trinajstić information content (AvgIpc) is 3.19. The van der Waals surface area contributed by atoms with Crippen molar-refractivity contribution in [1.29, 1.82) is 0 Å². The van der Waals surface area contributed by atoms with E-state index in [2.05, 4.69) is 67.1 Å². The molecule has 2 heteroatoms. The Balaban J connectivity index is 1.95. The lowest BCUT2D eigenvalue weighted by Gasteiger charge is -2.18. The Morgan fingerprint density at radius 1 is 1.15 bits per heavy atom. The first-order valence-corrected chi connectivity index (χ1v) is 9.37. The van der Waals surface area contributed by atoms with Gasteiger partial charge in [0.05, 0.1) is 11.3 Å². The molecule has 2 aromatic carbocycles. The summed E-state index contributed by atoms with van der Waals surface area (Å²) in [6.45, 7) is 10.4. The van der Waals surface area contributed by atoms with Crippen LogP contribution in [0.3, 0.4) is 0 Å². The zero-order valence-electron chi connectivity index (χ0n) is 15.3. The van der Waals surface area contributed by atoms with Gasteiger partial charge < -0.3 is 9.67 Å². The minimum atomic E-state index is 0.263. The molecule has 1 aliphatic rings. The lowest BCUT2D eigenvalue weighted by molar-refractivity contribution is 0.374. The van der Waals surface area contributed by atoms with E-state index in [1.807, 2.05) is 6.07 Å². The fourth-order valence-corrected chi connectivity index (χ4v) is 4.32. The quantitative estimate of drug-likeness (QED) is 0.547. The third-order valence-corrected chi connectivity index (χ3v) is 5.57. The molecule has 1 aliphatic carbocycles. The summed E-state index contributed by atoms with van der Waals surface area (Å²) >= 11 is 0. The third kappa shape index (κ3) is 2.66. The molecule has 4 rings (SSSR count). The number of allylic oxidation sites excluding steroid dienone is 1. The number of hydrogen-bond acceptors (Lipinski definition) is 1. The summed E-state index contributed by atoms with van der Waals surface area (Å²) in [7, 11) is 0. The fourth-order valence-electron chi connectivity index (χ4n) is 4.32. The summed E-state index contributed by atoms with van der Waals surface area (Å²) in [5.41, 5.74) is 7.42. The van der Waals surface area contributed by atoms with Crippen molar-refractivity contribution >= 4 is 16.6 Å². The van der Waals surface area contributed by atoms with Gasteiger partial charge in [-0.05, 0) is 48.1 Å². The van der Waals surface area contributed by atoms with Crippen molar-refractivity contribution in [2.24, 2.45) is 0 Å². The Kier molecular flexibility index (Phi) is 4.20. The highest BCUT2D eigenvalue weighted by molar-refractivity contribution is 5.91. The van der Waals surface area contributed by atoms with Gasteiger partial charge in [-0.1, -0.05) is 56.5 Å². The zero-order valence-corrected chi connectivity index (χ0v) is 15.3. The molecule has 1 N–H and O–H groups in total. The Bertz CT molecular complexity index is 994. The van der Waals surface area contributed by atoms with Crippen molar-refractivity contribution in [3.8, 4) is 0 Å². The molecule has 1 unspecified atom stereocenters. The lowest BCUT2D eigenvalue weighted by atomic mass is 10.0. The van der Waals surface area contributed by atoms with Crippen LogP contribution in [-0.2, 0) is 12.8 Å². The second-order valence-electron chi connectivity index (χ2n) is 7.22. The van der Waals surface area contributed by atoms with Crippen LogP contribution in [-0.4, -0.2) is 9.67 Å². The topological polar surface area (TPSA) is 25.2 Å². The van der Waals surface area contributed by atoms with E-state index in [0.29, 0.717) is 12.3 Å². The number of nitrogens with zero attached hydrogens (tertiary/aromatic N) is 1. The highest BCUT2D eigenvalue weighted by Crippen LogP contribution is 2.44. The standard InChI is InChI=1S/C24H25NO/c1-4-18-10-13-23-22(15-18)21-12-11-20(14-16(2)26)24(21)25(23)17(3)19-8-6-5-7-9-19/h5-10,13,15,20,26H,2-4,11-12,14H2,1H3. The Hall–Kier alpha value is -2.74. The number of fused-ring (bicyclic) bond motifs is 3. The van der Waals surface area contributed by atoms with Crippen LogP contribution in [0.2, 0.25) is 0 Å². The maximum atomic E-state index is 9.82. The monoisotopic (exact) mass is 343 g/mol. The van der Waals surface area contributed by atoms with Gasteiger partial charge in [0, 0.05) is 29.1 Å². The van der Waals surface area contributed by atoms with Gasteiger partial charge in [-0.2, -0.15) is 0 Å². The molecule has 0 amide bonds. The van der Waals surface area contributed by atoms with Gasteiger partial charge in [0.1, 0.15) is 0 Å². The van der Waals surface area contributed by atoms with E-state index in [4.69, 9.17) is 0 Å². The molecule has 0 bridgehead atoms. The van der Waals surface area contributed by atoms with E-state index in [1.165, 1.54) is 27.7 Å². The van der Waals surface area contributed by atoms with Gasteiger partial charge in [-0.3, -0.25) is 0 Å². The molecule has 0 saturated carbocycles. The smallest absolute Gasteiger partial charge is 0.0857 e. The van der Waals surface area contributed by atoms with E-state index in [0.717, 1.165) is 30.5 Å². The van der Waals surface area contributed by atoms with Gasteiger partial charge in [0.2, 0.25) is 0 Å². The molecular formula is C24H25NO. The third-order valence-electron chi connectivity index (χ3n) is 5.57. The van der Waals surface area contributed by atoms with E-state index in [1.54, 1.807) is 0 Å². The molecule has 0 spiro atoms. The predicted molar refractivity (Wildman–Crippen MR) is 110 cm³/mol. The molecule has 1 aromatic heterocycles. The summed E-state index contributed by atoms with van der Waals surface area (Å²) in [6, 6.07) is 17.1. The maximum absolute atomic E-state index is 9.82. The van der Waals surface area contributed by atoms with Gasteiger partial charge in [-0.15, -0.1) is 0 Å². The fraction of sp³-hybridized carbons (Fsp3) is 0.250. The number of aliphatic hydroxyl groups excluding tert-OH is 1. The molecule has 0 radical (unpaired) electrons. The number of rotatable bonds is 5. The zero-order chi connectivity index (χ0) is 18.3. The van der Waals surface area contributed by atoms with E-state index in [-0.39, 0.29) is 5.76 Å². The van der Waals surface area contributed by atoms with E-state index >= 15 is 0 Å². The first kappa shape index (κ1) is 16.7.